The summed E-state index contributed by atoms with van der Waals surface area (Å²) >= 11 is 2.01. The fourth-order valence-corrected chi connectivity index (χ4v) is 3.52. The van der Waals surface area contributed by atoms with Crippen molar-refractivity contribution < 1.29 is 9.47 Å². The first-order chi connectivity index (χ1) is 7.90. The average Bonchev–Trinajstić information content (AvgIpc) is 2.38. The number of hydrogen-bond donors (Lipinski definition) is 1. The quantitative estimate of drug-likeness (QED) is 0.821. The minimum absolute atomic E-state index is 0.359. The summed E-state index contributed by atoms with van der Waals surface area (Å²) in [6.45, 7) is 2.32. The Labute approximate surface area is 103 Å². The molecule has 1 saturated carbocycles. The van der Waals surface area contributed by atoms with Crippen molar-refractivity contribution >= 4 is 11.8 Å². The van der Waals surface area contributed by atoms with Crippen LogP contribution >= 0.6 is 11.8 Å². The van der Waals surface area contributed by atoms with E-state index in [1.54, 1.807) is 0 Å². The number of ether oxygens (including phenoxy) is 2. The minimum atomic E-state index is 0.359. The number of nitrogens with one attached hydrogen (secondary N) is 1. The molecule has 0 bridgehead atoms. The van der Waals surface area contributed by atoms with Crippen molar-refractivity contribution in [2.45, 2.75) is 49.5 Å². The zero-order valence-electron chi connectivity index (χ0n) is 10.1. The number of hydrogen-bond acceptors (Lipinski definition) is 4. The highest BCUT2D eigenvalue weighted by Crippen LogP contribution is 2.27. The molecule has 0 amide bonds. The summed E-state index contributed by atoms with van der Waals surface area (Å²) in [5.41, 5.74) is 0. The number of thioether (sulfide) groups is 1. The maximum atomic E-state index is 5.55. The van der Waals surface area contributed by atoms with Gasteiger partial charge < -0.3 is 14.8 Å². The molecule has 94 valence electrons. The molecule has 4 heteroatoms. The molecule has 1 N–H and O–H groups in total. The van der Waals surface area contributed by atoms with Crippen LogP contribution in [-0.2, 0) is 9.47 Å². The highest BCUT2D eigenvalue weighted by Gasteiger charge is 2.25. The highest BCUT2D eigenvalue weighted by molar-refractivity contribution is 7.99. The van der Waals surface area contributed by atoms with Gasteiger partial charge in [-0.1, -0.05) is 12.8 Å². The van der Waals surface area contributed by atoms with Crippen LogP contribution in [0.1, 0.15) is 32.1 Å². The van der Waals surface area contributed by atoms with E-state index in [1.807, 2.05) is 11.8 Å². The van der Waals surface area contributed by atoms with Crippen LogP contribution in [0, 0.1) is 0 Å². The molecule has 2 fully saturated rings. The normalized spacial score (nSPS) is 36.2. The van der Waals surface area contributed by atoms with Crippen LogP contribution in [0.5, 0.6) is 0 Å². The molecule has 0 aromatic carbocycles. The van der Waals surface area contributed by atoms with Gasteiger partial charge >= 0.3 is 0 Å². The smallest absolute Gasteiger partial charge is 0.147 e. The Bertz CT molecular complexity index is 197. The summed E-state index contributed by atoms with van der Waals surface area (Å²) in [6, 6.07) is 0.690. The lowest BCUT2D eigenvalue weighted by molar-refractivity contribution is -0.137. The van der Waals surface area contributed by atoms with Gasteiger partial charge in [0.2, 0.25) is 0 Å². The lowest BCUT2D eigenvalue weighted by atomic mass is 9.94. The average molecular weight is 245 g/mol. The van der Waals surface area contributed by atoms with Gasteiger partial charge in [-0.3, -0.25) is 0 Å². The van der Waals surface area contributed by atoms with E-state index >= 15 is 0 Å². The SMILES string of the molecule is CSC1CCCCC1NCC1CCOCO1. The Morgan fingerprint density at radius 3 is 2.88 bits per heavy atom. The van der Waals surface area contributed by atoms with Crippen LogP contribution in [0.4, 0.5) is 0 Å². The largest absolute Gasteiger partial charge is 0.355 e. The van der Waals surface area contributed by atoms with Gasteiger partial charge in [0.1, 0.15) is 6.79 Å². The van der Waals surface area contributed by atoms with Gasteiger partial charge in [0.25, 0.3) is 0 Å². The molecule has 0 spiro atoms. The second-order valence-electron chi connectivity index (χ2n) is 4.68. The molecule has 1 aliphatic heterocycles. The van der Waals surface area contributed by atoms with Crippen LogP contribution in [0.15, 0.2) is 0 Å². The van der Waals surface area contributed by atoms with E-state index < -0.39 is 0 Å². The summed E-state index contributed by atoms with van der Waals surface area (Å²) < 4.78 is 10.7. The van der Waals surface area contributed by atoms with E-state index in [0.717, 1.165) is 24.8 Å². The Balaban J connectivity index is 1.70. The Morgan fingerprint density at radius 1 is 1.25 bits per heavy atom. The molecule has 2 aliphatic rings. The van der Waals surface area contributed by atoms with Crippen molar-refractivity contribution in [2.75, 3.05) is 26.2 Å². The molecular weight excluding hydrogens is 222 g/mol. The molecule has 2 rings (SSSR count). The van der Waals surface area contributed by atoms with E-state index in [2.05, 4.69) is 11.6 Å². The zero-order chi connectivity index (χ0) is 11.2. The molecule has 0 radical (unpaired) electrons. The monoisotopic (exact) mass is 245 g/mol. The third kappa shape index (κ3) is 3.62. The van der Waals surface area contributed by atoms with Crippen molar-refractivity contribution in [1.82, 2.24) is 5.32 Å². The van der Waals surface area contributed by atoms with Gasteiger partial charge in [-0.05, 0) is 25.5 Å². The summed E-state index contributed by atoms with van der Waals surface area (Å²) in [5, 5.41) is 4.49. The predicted molar refractivity (Wildman–Crippen MR) is 67.9 cm³/mol. The van der Waals surface area contributed by atoms with Crippen LogP contribution < -0.4 is 5.32 Å². The minimum Gasteiger partial charge on any atom is -0.355 e. The third-order valence-corrected chi connectivity index (χ3v) is 4.75. The Hall–Kier alpha value is 0.230. The van der Waals surface area contributed by atoms with Crippen molar-refractivity contribution in [3.05, 3.63) is 0 Å². The lowest BCUT2D eigenvalue weighted by Crippen LogP contribution is -2.45. The van der Waals surface area contributed by atoms with E-state index in [0.29, 0.717) is 18.9 Å². The molecule has 1 aliphatic carbocycles. The predicted octanol–water partition coefficient (Wildman–Crippen LogP) is 2.01. The molecule has 3 atom stereocenters. The third-order valence-electron chi connectivity index (χ3n) is 3.58. The van der Waals surface area contributed by atoms with Gasteiger partial charge in [-0.2, -0.15) is 11.8 Å². The van der Waals surface area contributed by atoms with Gasteiger partial charge in [0.05, 0.1) is 12.7 Å². The summed E-state index contributed by atoms with van der Waals surface area (Å²) in [7, 11) is 0. The van der Waals surface area contributed by atoms with Crippen molar-refractivity contribution in [1.29, 1.82) is 0 Å². The fourth-order valence-electron chi connectivity index (χ4n) is 2.56. The van der Waals surface area contributed by atoms with Crippen LogP contribution in [0.3, 0.4) is 0 Å². The molecule has 1 heterocycles. The standard InChI is InChI=1S/C12H23NO2S/c1-16-12-5-3-2-4-11(12)13-8-10-6-7-14-9-15-10/h10-13H,2-9H2,1H3. The first kappa shape index (κ1) is 12.7. The van der Waals surface area contributed by atoms with Crippen LogP contribution in [-0.4, -0.2) is 43.6 Å². The molecular formula is C12H23NO2S. The maximum absolute atomic E-state index is 5.55. The maximum Gasteiger partial charge on any atom is 0.147 e. The molecule has 0 aromatic heterocycles. The Morgan fingerprint density at radius 2 is 2.12 bits per heavy atom. The topological polar surface area (TPSA) is 30.5 Å². The summed E-state index contributed by atoms with van der Waals surface area (Å²) in [5.74, 6) is 0. The molecule has 3 unspecified atom stereocenters. The van der Waals surface area contributed by atoms with Crippen molar-refractivity contribution in [2.24, 2.45) is 0 Å². The highest BCUT2D eigenvalue weighted by atomic mass is 32.2. The molecule has 3 nitrogen and oxygen atoms in total. The van der Waals surface area contributed by atoms with Gasteiger partial charge in [0, 0.05) is 17.8 Å². The van der Waals surface area contributed by atoms with Gasteiger partial charge in [0.15, 0.2) is 0 Å². The zero-order valence-corrected chi connectivity index (χ0v) is 10.9. The first-order valence-electron chi connectivity index (χ1n) is 6.35. The molecule has 1 saturated heterocycles. The van der Waals surface area contributed by atoms with E-state index in [1.165, 1.54) is 25.7 Å². The summed E-state index contributed by atoms with van der Waals surface area (Å²) in [6.07, 6.45) is 9.10. The number of rotatable bonds is 4. The van der Waals surface area contributed by atoms with Crippen molar-refractivity contribution in [3.8, 4) is 0 Å². The molecule has 0 aromatic rings. The second kappa shape index (κ2) is 6.84. The fraction of sp³-hybridized carbons (Fsp3) is 1.00. The van der Waals surface area contributed by atoms with E-state index in [-0.39, 0.29) is 0 Å². The van der Waals surface area contributed by atoms with Gasteiger partial charge in [-0.25, -0.2) is 0 Å². The Kier molecular flexibility index (Phi) is 5.42. The van der Waals surface area contributed by atoms with Crippen LogP contribution in [0.25, 0.3) is 0 Å². The van der Waals surface area contributed by atoms with Crippen LogP contribution in [0.2, 0.25) is 0 Å². The second-order valence-corrected chi connectivity index (χ2v) is 5.75. The first-order valence-corrected chi connectivity index (χ1v) is 7.64. The van der Waals surface area contributed by atoms with E-state index in [4.69, 9.17) is 9.47 Å². The van der Waals surface area contributed by atoms with E-state index in [9.17, 15) is 0 Å². The summed E-state index contributed by atoms with van der Waals surface area (Å²) in [4.78, 5) is 0. The molecule has 16 heavy (non-hydrogen) atoms. The van der Waals surface area contributed by atoms with Gasteiger partial charge in [-0.15, -0.1) is 0 Å². The lowest BCUT2D eigenvalue weighted by Gasteiger charge is -2.33. The van der Waals surface area contributed by atoms with Crippen molar-refractivity contribution in [3.63, 3.8) is 0 Å².